The molecule has 0 saturated heterocycles. The Morgan fingerprint density at radius 3 is 2.86 bits per heavy atom. The molecular weight excluding hydrogens is 174 g/mol. The zero-order valence-electron chi connectivity index (χ0n) is 8.16. The number of nitrogens with two attached hydrogens (primary N) is 1. The maximum absolute atomic E-state index is 5.71. The summed E-state index contributed by atoms with van der Waals surface area (Å²) in [7, 11) is 0. The Labute approximate surface area is 83.3 Å². The number of fused-ring (bicyclic) bond motifs is 1. The van der Waals surface area contributed by atoms with Crippen molar-refractivity contribution in [2.45, 2.75) is 6.92 Å². The third-order valence-corrected chi connectivity index (χ3v) is 2.16. The first kappa shape index (κ1) is 8.88. The third kappa shape index (κ3) is 1.51. The molecule has 0 atom stereocenters. The maximum Gasteiger partial charge on any atom is 0.127 e. The lowest BCUT2D eigenvalue weighted by molar-refractivity contribution is 0.344. The molecule has 0 bridgehead atoms. The van der Waals surface area contributed by atoms with Crippen molar-refractivity contribution in [3.05, 3.63) is 36.4 Å². The van der Waals surface area contributed by atoms with Crippen molar-refractivity contribution in [3.63, 3.8) is 0 Å². The van der Waals surface area contributed by atoms with E-state index in [0.29, 0.717) is 6.61 Å². The number of hydrogen-bond acceptors (Lipinski definition) is 2. The van der Waals surface area contributed by atoms with E-state index in [0.717, 1.165) is 22.2 Å². The Balaban J connectivity index is 2.62. The summed E-state index contributed by atoms with van der Waals surface area (Å²) >= 11 is 0. The average molecular weight is 187 g/mol. The van der Waals surface area contributed by atoms with Crippen LogP contribution in [-0.4, -0.2) is 6.61 Å². The average Bonchev–Trinajstić information content (AvgIpc) is 2.18. The van der Waals surface area contributed by atoms with Gasteiger partial charge in [-0.05, 0) is 36.6 Å². The molecule has 14 heavy (non-hydrogen) atoms. The fourth-order valence-corrected chi connectivity index (χ4v) is 1.55. The van der Waals surface area contributed by atoms with Gasteiger partial charge in [-0.3, -0.25) is 0 Å². The highest BCUT2D eigenvalue weighted by molar-refractivity contribution is 5.90. The lowest BCUT2D eigenvalue weighted by atomic mass is 10.1. The molecule has 0 saturated carbocycles. The van der Waals surface area contributed by atoms with Crippen molar-refractivity contribution >= 4 is 16.5 Å². The van der Waals surface area contributed by atoms with Gasteiger partial charge in [0.05, 0.1) is 6.61 Å². The molecule has 2 heteroatoms. The van der Waals surface area contributed by atoms with Gasteiger partial charge in [0.15, 0.2) is 0 Å². The normalized spacial score (nSPS) is 10.4. The van der Waals surface area contributed by atoms with Gasteiger partial charge in [-0.2, -0.15) is 0 Å². The molecule has 0 heterocycles. The van der Waals surface area contributed by atoms with Crippen molar-refractivity contribution in [1.29, 1.82) is 0 Å². The molecule has 0 radical (unpaired) electrons. The minimum Gasteiger partial charge on any atom is -0.493 e. The van der Waals surface area contributed by atoms with Crippen molar-refractivity contribution in [2.24, 2.45) is 0 Å². The molecule has 0 aromatic heterocycles. The highest BCUT2D eigenvalue weighted by Crippen LogP contribution is 2.26. The molecule has 0 fully saturated rings. The van der Waals surface area contributed by atoms with Gasteiger partial charge in [-0.15, -0.1) is 0 Å². The molecule has 2 aromatic carbocycles. The van der Waals surface area contributed by atoms with E-state index < -0.39 is 0 Å². The summed E-state index contributed by atoms with van der Waals surface area (Å²) < 4.78 is 5.52. The molecular formula is C12H13NO. The zero-order valence-corrected chi connectivity index (χ0v) is 8.16. The van der Waals surface area contributed by atoms with Crippen LogP contribution >= 0.6 is 0 Å². The minimum atomic E-state index is 0.684. The second kappa shape index (κ2) is 3.58. The summed E-state index contributed by atoms with van der Waals surface area (Å²) in [5.74, 6) is 0.921. The lowest BCUT2D eigenvalue weighted by Gasteiger charge is -2.07. The second-order valence-electron chi connectivity index (χ2n) is 3.17. The predicted octanol–water partition coefficient (Wildman–Crippen LogP) is 2.82. The highest BCUT2D eigenvalue weighted by Gasteiger charge is 2.00. The third-order valence-electron chi connectivity index (χ3n) is 2.16. The summed E-state index contributed by atoms with van der Waals surface area (Å²) in [6.07, 6.45) is 0. The summed E-state index contributed by atoms with van der Waals surface area (Å²) in [5, 5.41) is 2.24. The minimum absolute atomic E-state index is 0.684. The summed E-state index contributed by atoms with van der Waals surface area (Å²) in [6.45, 7) is 2.67. The number of anilines is 1. The quantitative estimate of drug-likeness (QED) is 0.734. The van der Waals surface area contributed by atoms with Crippen LogP contribution in [0.15, 0.2) is 36.4 Å². The molecule has 0 unspecified atom stereocenters. The van der Waals surface area contributed by atoms with Gasteiger partial charge in [0, 0.05) is 11.1 Å². The Morgan fingerprint density at radius 1 is 1.21 bits per heavy atom. The molecule has 2 nitrogen and oxygen atoms in total. The van der Waals surface area contributed by atoms with Gasteiger partial charge in [0.1, 0.15) is 5.75 Å². The van der Waals surface area contributed by atoms with Gasteiger partial charge in [0.2, 0.25) is 0 Å². The molecule has 0 aliphatic carbocycles. The first-order chi connectivity index (χ1) is 6.81. The van der Waals surface area contributed by atoms with E-state index >= 15 is 0 Å². The molecule has 0 amide bonds. The van der Waals surface area contributed by atoms with Crippen LogP contribution in [0.3, 0.4) is 0 Å². The van der Waals surface area contributed by atoms with E-state index in [2.05, 4.69) is 0 Å². The van der Waals surface area contributed by atoms with Crippen LogP contribution in [0.4, 0.5) is 5.69 Å². The number of hydrogen-bond donors (Lipinski definition) is 1. The van der Waals surface area contributed by atoms with Crippen LogP contribution < -0.4 is 10.5 Å². The first-order valence-electron chi connectivity index (χ1n) is 4.72. The Bertz CT molecular complexity index is 451. The standard InChI is InChI=1S/C12H13NO/c1-2-14-12-5-3-4-9-8-10(13)6-7-11(9)12/h3-8H,2,13H2,1H3. The van der Waals surface area contributed by atoms with Crippen LogP contribution in [0.2, 0.25) is 0 Å². The van der Waals surface area contributed by atoms with Crippen LogP contribution in [0, 0.1) is 0 Å². The van der Waals surface area contributed by atoms with Gasteiger partial charge < -0.3 is 10.5 Å². The lowest BCUT2D eigenvalue weighted by Crippen LogP contribution is -1.92. The number of rotatable bonds is 2. The van der Waals surface area contributed by atoms with Gasteiger partial charge in [-0.1, -0.05) is 12.1 Å². The smallest absolute Gasteiger partial charge is 0.127 e. The topological polar surface area (TPSA) is 35.2 Å². The summed E-state index contributed by atoms with van der Waals surface area (Å²) in [6, 6.07) is 11.8. The van der Waals surface area contributed by atoms with Crippen LogP contribution in [0.25, 0.3) is 10.8 Å². The van der Waals surface area contributed by atoms with Gasteiger partial charge >= 0.3 is 0 Å². The van der Waals surface area contributed by atoms with Crippen LogP contribution in [0.1, 0.15) is 6.92 Å². The van der Waals surface area contributed by atoms with Crippen LogP contribution in [0.5, 0.6) is 5.75 Å². The molecule has 2 aromatic rings. The Hall–Kier alpha value is -1.70. The van der Waals surface area contributed by atoms with E-state index in [1.165, 1.54) is 0 Å². The van der Waals surface area contributed by atoms with Gasteiger partial charge in [-0.25, -0.2) is 0 Å². The van der Waals surface area contributed by atoms with Crippen molar-refractivity contribution < 1.29 is 4.74 Å². The van der Waals surface area contributed by atoms with Crippen molar-refractivity contribution in [3.8, 4) is 5.75 Å². The maximum atomic E-state index is 5.71. The van der Waals surface area contributed by atoms with E-state index in [4.69, 9.17) is 10.5 Å². The Morgan fingerprint density at radius 2 is 2.07 bits per heavy atom. The van der Waals surface area contributed by atoms with Gasteiger partial charge in [0.25, 0.3) is 0 Å². The fraction of sp³-hybridized carbons (Fsp3) is 0.167. The summed E-state index contributed by atoms with van der Waals surface area (Å²) in [5.41, 5.74) is 6.49. The number of nitrogen functional groups attached to an aromatic ring is 1. The first-order valence-corrected chi connectivity index (χ1v) is 4.72. The second-order valence-corrected chi connectivity index (χ2v) is 3.17. The summed E-state index contributed by atoms with van der Waals surface area (Å²) in [4.78, 5) is 0. The largest absolute Gasteiger partial charge is 0.493 e. The van der Waals surface area contributed by atoms with E-state index in [-0.39, 0.29) is 0 Å². The number of ether oxygens (including phenoxy) is 1. The Kier molecular flexibility index (Phi) is 2.27. The molecule has 0 aliphatic heterocycles. The van der Waals surface area contributed by atoms with E-state index in [1.54, 1.807) is 0 Å². The molecule has 0 aliphatic rings. The monoisotopic (exact) mass is 187 g/mol. The number of benzene rings is 2. The van der Waals surface area contributed by atoms with Crippen molar-refractivity contribution in [2.75, 3.05) is 12.3 Å². The van der Waals surface area contributed by atoms with Crippen LogP contribution in [-0.2, 0) is 0 Å². The van der Waals surface area contributed by atoms with E-state index in [1.807, 2.05) is 43.3 Å². The SMILES string of the molecule is CCOc1cccc2cc(N)ccc12. The molecule has 72 valence electrons. The molecule has 2 rings (SSSR count). The predicted molar refractivity (Wildman–Crippen MR) is 59.5 cm³/mol. The highest BCUT2D eigenvalue weighted by atomic mass is 16.5. The zero-order chi connectivity index (χ0) is 9.97. The van der Waals surface area contributed by atoms with Crippen molar-refractivity contribution in [1.82, 2.24) is 0 Å². The fourth-order valence-electron chi connectivity index (χ4n) is 1.55. The molecule has 2 N–H and O–H groups in total. The van der Waals surface area contributed by atoms with E-state index in [9.17, 15) is 0 Å². The molecule has 0 spiro atoms.